The van der Waals surface area contributed by atoms with E-state index >= 15 is 0 Å². The molecule has 106 valence electrons. The van der Waals surface area contributed by atoms with E-state index in [2.05, 4.69) is 30.8 Å². The standard InChI is InChI=1S/C12H27N3.2ClH/c1-11(13)10-14(2)9-7-12-6-4-5-8-15(12)3;;/h11-12H,4-10,13H2,1-3H3;2*1H. The molecule has 2 atom stereocenters. The summed E-state index contributed by atoms with van der Waals surface area (Å²) < 4.78 is 0. The quantitative estimate of drug-likeness (QED) is 0.839. The molecule has 0 aromatic rings. The Morgan fingerprint density at radius 2 is 2.00 bits per heavy atom. The summed E-state index contributed by atoms with van der Waals surface area (Å²) in [5.74, 6) is 0. The molecular formula is C12H29Cl2N3. The summed E-state index contributed by atoms with van der Waals surface area (Å²) in [6.07, 6.45) is 5.46. The lowest BCUT2D eigenvalue weighted by atomic mass is 10.00. The minimum absolute atomic E-state index is 0. The first-order valence-electron chi connectivity index (χ1n) is 6.24. The Morgan fingerprint density at radius 1 is 1.35 bits per heavy atom. The van der Waals surface area contributed by atoms with Gasteiger partial charge in [0.1, 0.15) is 0 Å². The molecular weight excluding hydrogens is 257 g/mol. The Labute approximate surface area is 119 Å². The number of rotatable bonds is 5. The van der Waals surface area contributed by atoms with Crippen LogP contribution in [0.1, 0.15) is 32.6 Å². The van der Waals surface area contributed by atoms with Crippen molar-refractivity contribution in [3.63, 3.8) is 0 Å². The zero-order valence-electron chi connectivity index (χ0n) is 11.4. The van der Waals surface area contributed by atoms with Crippen LogP contribution in [0.3, 0.4) is 0 Å². The van der Waals surface area contributed by atoms with Gasteiger partial charge in [-0.25, -0.2) is 0 Å². The van der Waals surface area contributed by atoms with Gasteiger partial charge in [0.05, 0.1) is 0 Å². The van der Waals surface area contributed by atoms with Gasteiger partial charge in [0.2, 0.25) is 0 Å². The van der Waals surface area contributed by atoms with Crippen molar-refractivity contribution in [2.75, 3.05) is 33.7 Å². The molecule has 17 heavy (non-hydrogen) atoms. The number of nitrogens with zero attached hydrogens (tertiary/aromatic N) is 2. The maximum atomic E-state index is 5.78. The summed E-state index contributed by atoms with van der Waals surface area (Å²) in [4.78, 5) is 4.87. The normalized spacial score (nSPS) is 22.8. The third-order valence-electron chi connectivity index (χ3n) is 3.37. The smallest absolute Gasteiger partial charge is 0.0139 e. The highest BCUT2D eigenvalue weighted by molar-refractivity contribution is 5.85. The molecule has 1 heterocycles. The first kappa shape index (κ1) is 19.8. The minimum Gasteiger partial charge on any atom is -0.327 e. The Morgan fingerprint density at radius 3 is 2.53 bits per heavy atom. The fraction of sp³-hybridized carbons (Fsp3) is 1.00. The number of nitrogens with two attached hydrogens (primary N) is 1. The second kappa shape index (κ2) is 10.4. The predicted molar refractivity (Wildman–Crippen MR) is 80.5 cm³/mol. The molecule has 0 spiro atoms. The second-order valence-electron chi connectivity index (χ2n) is 5.16. The van der Waals surface area contributed by atoms with E-state index in [0.29, 0.717) is 6.04 Å². The van der Waals surface area contributed by atoms with E-state index in [4.69, 9.17) is 5.73 Å². The van der Waals surface area contributed by atoms with E-state index in [-0.39, 0.29) is 24.8 Å². The molecule has 1 fully saturated rings. The Hall–Kier alpha value is 0.460. The lowest BCUT2D eigenvalue weighted by molar-refractivity contribution is 0.159. The van der Waals surface area contributed by atoms with E-state index in [1.54, 1.807) is 0 Å². The maximum Gasteiger partial charge on any atom is 0.0139 e. The van der Waals surface area contributed by atoms with Gasteiger partial charge in [0.15, 0.2) is 0 Å². The van der Waals surface area contributed by atoms with Crippen molar-refractivity contribution in [2.24, 2.45) is 5.73 Å². The summed E-state index contributed by atoms with van der Waals surface area (Å²) in [7, 11) is 4.43. The Bertz CT molecular complexity index is 179. The van der Waals surface area contributed by atoms with E-state index in [1.165, 1.54) is 38.8 Å². The van der Waals surface area contributed by atoms with Gasteiger partial charge in [-0.3, -0.25) is 0 Å². The fourth-order valence-corrected chi connectivity index (χ4v) is 2.46. The monoisotopic (exact) mass is 285 g/mol. The molecule has 5 heteroatoms. The van der Waals surface area contributed by atoms with E-state index in [9.17, 15) is 0 Å². The van der Waals surface area contributed by atoms with Crippen molar-refractivity contribution in [2.45, 2.75) is 44.7 Å². The lowest BCUT2D eigenvalue weighted by Gasteiger charge is -2.33. The van der Waals surface area contributed by atoms with Crippen LogP contribution in [-0.2, 0) is 0 Å². The topological polar surface area (TPSA) is 32.5 Å². The zero-order valence-corrected chi connectivity index (χ0v) is 13.0. The molecule has 2 N–H and O–H groups in total. The van der Waals surface area contributed by atoms with Crippen molar-refractivity contribution < 1.29 is 0 Å². The Kier molecular flexibility index (Phi) is 12.1. The van der Waals surface area contributed by atoms with Gasteiger partial charge in [-0.05, 0) is 53.4 Å². The molecule has 0 aromatic carbocycles. The third-order valence-corrected chi connectivity index (χ3v) is 3.37. The molecule has 0 bridgehead atoms. The van der Waals surface area contributed by atoms with Crippen LogP contribution in [-0.4, -0.2) is 55.6 Å². The molecule has 0 aliphatic carbocycles. The van der Waals surface area contributed by atoms with E-state index in [1.807, 2.05) is 0 Å². The second-order valence-corrected chi connectivity index (χ2v) is 5.16. The highest BCUT2D eigenvalue weighted by Crippen LogP contribution is 2.17. The summed E-state index contributed by atoms with van der Waals surface area (Å²) in [6, 6.07) is 1.09. The highest BCUT2D eigenvalue weighted by atomic mass is 35.5. The van der Waals surface area contributed by atoms with Crippen molar-refractivity contribution in [1.82, 2.24) is 9.80 Å². The van der Waals surface area contributed by atoms with Gasteiger partial charge >= 0.3 is 0 Å². The zero-order chi connectivity index (χ0) is 11.3. The number of piperidine rings is 1. The first-order chi connectivity index (χ1) is 7.09. The lowest BCUT2D eigenvalue weighted by Crippen LogP contribution is -2.40. The predicted octanol–water partition coefficient (Wildman–Crippen LogP) is 1.98. The first-order valence-corrected chi connectivity index (χ1v) is 6.24. The van der Waals surface area contributed by atoms with Crippen LogP contribution in [0.2, 0.25) is 0 Å². The molecule has 0 aromatic heterocycles. The van der Waals surface area contributed by atoms with Crippen LogP contribution >= 0.6 is 24.8 Å². The summed E-state index contributed by atoms with van der Waals surface area (Å²) in [5, 5.41) is 0. The van der Waals surface area contributed by atoms with Gasteiger partial charge < -0.3 is 15.5 Å². The number of likely N-dealkylation sites (N-methyl/N-ethyl adjacent to an activating group) is 1. The summed E-state index contributed by atoms with van der Waals surface area (Å²) in [5.41, 5.74) is 5.78. The highest BCUT2D eigenvalue weighted by Gasteiger charge is 2.18. The van der Waals surface area contributed by atoms with E-state index < -0.39 is 0 Å². The molecule has 1 rings (SSSR count). The molecule has 2 unspecified atom stereocenters. The van der Waals surface area contributed by atoms with Crippen molar-refractivity contribution in [3.05, 3.63) is 0 Å². The molecule has 3 nitrogen and oxygen atoms in total. The third kappa shape index (κ3) is 8.22. The fourth-order valence-electron chi connectivity index (χ4n) is 2.46. The van der Waals surface area contributed by atoms with Crippen LogP contribution in [0.15, 0.2) is 0 Å². The molecule has 1 aliphatic heterocycles. The summed E-state index contributed by atoms with van der Waals surface area (Å²) >= 11 is 0. The summed E-state index contributed by atoms with van der Waals surface area (Å²) in [6.45, 7) is 5.54. The minimum atomic E-state index is 0. The van der Waals surface area contributed by atoms with Crippen LogP contribution in [0.25, 0.3) is 0 Å². The number of hydrogen-bond acceptors (Lipinski definition) is 3. The molecule has 0 radical (unpaired) electrons. The van der Waals surface area contributed by atoms with Gasteiger partial charge in [0, 0.05) is 18.6 Å². The van der Waals surface area contributed by atoms with Crippen molar-refractivity contribution in [1.29, 1.82) is 0 Å². The van der Waals surface area contributed by atoms with Crippen LogP contribution in [0, 0.1) is 0 Å². The molecule has 0 saturated carbocycles. The van der Waals surface area contributed by atoms with Gasteiger partial charge in [-0.15, -0.1) is 24.8 Å². The van der Waals surface area contributed by atoms with Crippen molar-refractivity contribution >= 4 is 24.8 Å². The SMILES string of the molecule is CC(N)CN(C)CCC1CCCCN1C.Cl.Cl. The maximum absolute atomic E-state index is 5.78. The van der Waals surface area contributed by atoms with Gasteiger partial charge in [-0.2, -0.15) is 0 Å². The van der Waals surface area contributed by atoms with Crippen LogP contribution in [0.4, 0.5) is 0 Å². The average Bonchev–Trinajstić information content (AvgIpc) is 2.15. The van der Waals surface area contributed by atoms with Crippen molar-refractivity contribution in [3.8, 4) is 0 Å². The number of hydrogen-bond donors (Lipinski definition) is 1. The number of halogens is 2. The Balaban J connectivity index is 0. The van der Waals surface area contributed by atoms with E-state index in [0.717, 1.165) is 12.6 Å². The molecule has 0 amide bonds. The van der Waals surface area contributed by atoms with Crippen LogP contribution < -0.4 is 5.73 Å². The number of likely N-dealkylation sites (tertiary alicyclic amines) is 1. The van der Waals surface area contributed by atoms with Gasteiger partial charge in [0.25, 0.3) is 0 Å². The van der Waals surface area contributed by atoms with Gasteiger partial charge in [-0.1, -0.05) is 6.42 Å². The van der Waals surface area contributed by atoms with Crippen LogP contribution in [0.5, 0.6) is 0 Å². The molecule has 1 aliphatic rings. The largest absolute Gasteiger partial charge is 0.327 e. The molecule has 1 saturated heterocycles. The average molecular weight is 286 g/mol.